The average Bonchev–Trinajstić information content (AvgIpc) is 3.17. The lowest BCUT2D eigenvalue weighted by Crippen LogP contribution is -2.27. The van der Waals surface area contributed by atoms with Crippen LogP contribution in [0.15, 0.2) is 30.3 Å². The lowest BCUT2D eigenvalue weighted by molar-refractivity contribution is 0.0792. The molecule has 120 valence electrons. The number of likely N-dealkylation sites (tertiary alicyclic amines) is 1. The van der Waals surface area contributed by atoms with Crippen molar-refractivity contribution < 1.29 is 9.59 Å². The molecule has 1 fully saturated rings. The molecule has 0 unspecified atom stereocenters. The van der Waals surface area contributed by atoms with Crippen molar-refractivity contribution in [2.45, 2.75) is 19.8 Å². The van der Waals surface area contributed by atoms with Gasteiger partial charge < -0.3 is 10.2 Å². The highest BCUT2D eigenvalue weighted by atomic mass is 16.2. The summed E-state index contributed by atoms with van der Waals surface area (Å²) in [7, 11) is 1.74. The zero-order valence-electron chi connectivity index (χ0n) is 13.4. The second kappa shape index (κ2) is 6.24. The number of amides is 2. The Labute approximate surface area is 135 Å². The van der Waals surface area contributed by atoms with E-state index in [0.29, 0.717) is 16.9 Å². The fourth-order valence-electron chi connectivity index (χ4n) is 2.82. The smallest absolute Gasteiger partial charge is 0.273 e. The van der Waals surface area contributed by atoms with Gasteiger partial charge in [-0.15, -0.1) is 0 Å². The monoisotopic (exact) mass is 312 g/mol. The van der Waals surface area contributed by atoms with Crippen molar-refractivity contribution >= 4 is 17.5 Å². The Morgan fingerprint density at radius 2 is 1.78 bits per heavy atom. The number of anilines is 1. The third-order valence-corrected chi connectivity index (χ3v) is 4.02. The molecule has 1 aromatic carbocycles. The summed E-state index contributed by atoms with van der Waals surface area (Å²) in [5.41, 5.74) is 2.61. The van der Waals surface area contributed by atoms with E-state index in [-0.39, 0.29) is 11.8 Å². The van der Waals surface area contributed by atoms with Gasteiger partial charge in [-0.1, -0.05) is 0 Å². The Morgan fingerprint density at radius 1 is 1.13 bits per heavy atom. The van der Waals surface area contributed by atoms with E-state index in [4.69, 9.17) is 0 Å². The number of nitrogens with one attached hydrogen (secondary N) is 1. The number of carbonyl (C=O) groups is 2. The van der Waals surface area contributed by atoms with E-state index in [1.807, 2.05) is 11.8 Å². The third-order valence-electron chi connectivity index (χ3n) is 4.02. The van der Waals surface area contributed by atoms with E-state index in [0.717, 1.165) is 31.6 Å². The van der Waals surface area contributed by atoms with Gasteiger partial charge >= 0.3 is 0 Å². The second-order valence-corrected chi connectivity index (χ2v) is 5.83. The van der Waals surface area contributed by atoms with E-state index < -0.39 is 0 Å². The molecule has 3 rings (SSSR count). The van der Waals surface area contributed by atoms with Gasteiger partial charge in [0.15, 0.2) is 0 Å². The number of benzene rings is 1. The van der Waals surface area contributed by atoms with Gasteiger partial charge in [-0.05, 0) is 50.1 Å². The van der Waals surface area contributed by atoms with Crippen LogP contribution >= 0.6 is 0 Å². The first kappa shape index (κ1) is 15.3. The standard InChI is InChI=1S/C17H20N4O2/c1-12-11-15(20(2)19-12)16(22)18-14-7-5-13(6-8-14)17(23)21-9-3-4-10-21/h5-8,11H,3-4,9-10H2,1-2H3,(H,18,22). The maximum atomic E-state index is 12.3. The van der Waals surface area contributed by atoms with E-state index in [2.05, 4.69) is 10.4 Å². The van der Waals surface area contributed by atoms with Gasteiger partial charge in [-0.25, -0.2) is 0 Å². The molecule has 0 atom stereocenters. The zero-order valence-corrected chi connectivity index (χ0v) is 13.4. The van der Waals surface area contributed by atoms with Crippen LogP contribution in [0.2, 0.25) is 0 Å². The summed E-state index contributed by atoms with van der Waals surface area (Å²) in [6, 6.07) is 8.75. The maximum absolute atomic E-state index is 12.3. The molecule has 1 aliphatic rings. The Morgan fingerprint density at radius 3 is 2.35 bits per heavy atom. The molecule has 1 N–H and O–H groups in total. The molecule has 0 spiro atoms. The van der Waals surface area contributed by atoms with Crippen molar-refractivity contribution in [2.75, 3.05) is 18.4 Å². The topological polar surface area (TPSA) is 67.2 Å². The van der Waals surface area contributed by atoms with Gasteiger partial charge in [-0.2, -0.15) is 5.10 Å². The Hall–Kier alpha value is -2.63. The molecule has 23 heavy (non-hydrogen) atoms. The van der Waals surface area contributed by atoms with Crippen molar-refractivity contribution in [3.8, 4) is 0 Å². The van der Waals surface area contributed by atoms with Crippen LogP contribution < -0.4 is 5.32 Å². The summed E-state index contributed by atoms with van der Waals surface area (Å²) in [6.07, 6.45) is 2.15. The second-order valence-electron chi connectivity index (χ2n) is 5.83. The first-order valence-corrected chi connectivity index (χ1v) is 7.76. The van der Waals surface area contributed by atoms with Crippen LogP contribution in [0, 0.1) is 6.92 Å². The fourth-order valence-corrected chi connectivity index (χ4v) is 2.82. The average molecular weight is 312 g/mol. The van der Waals surface area contributed by atoms with Crippen LogP contribution in [0.1, 0.15) is 39.4 Å². The molecule has 6 heteroatoms. The van der Waals surface area contributed by atoms with Crippen LogP contribution in [-0.4, -0.2) is 39.6 Å². The summed E-state index contributed by atoms with van der Waals surface area (Å²) in [6.45, 7) is 3.50. The van der Waals surface area contributed by atoms with Crippen LogP contribution in [0.25, 0.3) is 0 Å². The SMILES string of the molecule is Cc1cc(C(=O)Nc2ccc(C(=O)N3CCCC3)cc2)n(C)n1. The largest absolute Gasteiger partial charge is 0.339 e. The molecule has 6 nitrogen and oxygen atoms in total. The van der Waals surface area contributed by atoms with Gasteiger partial charge in [-0.3, -0.25) is 14.3 Å². The maximum Gasteiger partial charge on any atom is 0.273 e. The van der Waals surface area contributed by atoms with E-state index in [9.17, 15) is 9.59 Å². The van der Waals surface area contributed by atoms with Crippen molar-refractivity contribution in [1.29, 1.82) is 0 Å². The zero-order chi connectivity index (χ0) is 16.4. The molecule has 0 bridgehead atoms. The van der Waals surface area contributed by atoms with Crippen LogP contribution in [-0.2, 0) is 7.05 Å². The number of aromatic nitrogens is 2. The van der Waals surface area contributed by atoms with Crippen LogP contribution in [0.3, 0.4) is 0 Å². The van der Waals surface area contributed by atoms with E-state index in [1.54, 1.807) is 42.1 Å². The lowest BCUT2D eigenvalue weighted by atomic mass is 10.2. The number of hydrogen-bond acceptors (Lipinski definition) is 3. The number of carbonyl (C=O) groups excluding carboxylic acids is 2. The number of rotatable bonds is 3. The summed E-state index contributed by atoms with van der Waals surface area (Å²) in [4.78, 5) is 26.4. The van der Waals surface area contributed by atoms with Crippen molar-refractivity contribution in [2.24, 2.45) is 7.05 Å². The summed E-state index contributed by atoms with van der Waals surface area (Å²) in [5, 5.41) is 6.98. The van der Waals surface area contributed by atoms with Crippen molar-refractivity contribution in [3.05, 3.63) is 47.3 Å². The summed E-state index contributed by atoms with van der Waals surface area (Å²) < 4.78 is 1.55. The molecule has 0 aliphatic carbocycles. The minimum atomic E-state index is -0.216. The summed E-state index contributed by atoms with van der Waals surface area (Å²) in [5.74, 6) is -0.158. The van der Waals surface area contributed by atoms with Crippen molar-refractivity contribution in [3.63, 3.8) is 0 Å². The van der Waals surface area contributed by atoms with Gasteiger partial charge in [0.1, 0.15) is 5.69 Å². The Bertz CT molecular complexity index is 728. The minimum absolute atomic E-state index is 0.0580. The molecule has 2 heterocycles. The van der Waals surface area contributed by atoms with E-state index in [1.165, 1.54) is 0 Å². The first-order valence-electron chi connectivity index (χ1n) is 7.76. The molecule has 0 radical (unpaired) electrons. The normalized spacial score (nSPS) is 14.1. The molecule has 2 amide bonds. The predicted molar refractivity (Wildman–Crippen MR) is 87.5 cm³/mol. The van der Waals surface area contributed by atoms with Gasteiger partial charge in [0.2, 0.25) is 0 Å². The Kier molecular flexibility index (Phi) is 4.14. The highest BCUT2D eigenvalue weighted by Crippen LogP contribution is 2.16. The third kappa shape index (κ3) is 3.26. The summed E-state index contributed by atoms with van der Waals surface area (Å²) >= 11 is 0. The van der Waals surface area contributed by atoms with Crippen molar-refractivity contribution in [1.82, 2.24) is 14.7 Å². The van der Waals surface area contributed by atoms with E-state index >= 15 is 0 Å². The lowest BCUT2D eigenvalue weighted by Gasteiger charge is -2.15. The minimum Gasteiger partial charge on any atom is -0.339 e. The highest BCUT2D eigenvalue weighted by Gasteiger charge is 2.19. The molecular weight excluding hydrogens is 292 g/mol. The van der Waals surface area contributed by atoms with Crippen LogP contribution in [0.5, 0.6) is 0 Å². The quantitative estimate of drug-likeness (QED) is 0.945. The van der Waals surface area contributed by atoms with Crippen LogP contribution in [0.4, 0.5) is 5.69 Å². The number of aryl methyl sites for hydroxylation is 2. The molecule has 0 saturated carbocycles. The molecule has 2 aromatic rings. The van der Waals surface area contributed by atoms with Gasteiger partial charge in [0.05, 0.1) is 5.69 Å². The molecular formula is C17H20N4O2. The Balaban J connectivity index is 1.68. The van der Waals surface area contributed by atoms with Gasteiger partial charge in [0.25, 0.3) is 11.8 Å². The number of nitrogens with zero attached hydrogens (tertiary/aromatic N) is 3. The fraction of sp³-hybridized carbons (Fsp3) is 0.353. The predicted octanol–water partition coefficient (Wildman–Crippen LogP) is 2.22. The van der Waals surface area contributed by atoms with Gasteiger partial charge in [0, 0.05) is 31.4 Å². The highest BCUT2D eigenvalue weighted by molar-refractivity contribution is 6.03. The first-order chi connectivity index (χ1) is 11.0. The molecule has 1 saturated heterocycles. The molecule has 1 aromatic heterocycles. The molecule has 1 aliphatic heterocycles. The number of hydrogen-bond donors (Lipinski definition) is 1.